The molecule has 7 nitrogen and oxygen atoms in total. The summed E-state index contributed by atoms with van der Waals surface area (Å²) in [4.78, 5) is 33.4. The molecule has 7 heteroatoms. The van der Waals surface area contributed by atoms with Crippen LogP contribution < -0.4 is 5.32 Å². The molecule has 0 aliphatic carbocycles. The highest BCUT2D eigenvalue weighted by molar-refractivity contribution is 5.94. The van der Waals surface area contributed by atoms with Crippen LogP contribution in [0.2, 0.25) is 0 Å². The maximum absolute atomic E-state index is 12.6. The van der Waals surface area contributed by atoms with Crippen molar-refractivity contribution >= 4 is 17.5 Å². The molecular formula is C19H27N5O2. The number of rotatable bonds is 5. The largest absolute Gasteiger partial charge is 0.351 e. The second kappa shape index (κ2) is 7.86. The SMILES string of the molecule is Cc1nc2c(C)cccn2c1C(=O)NCCCC(=O)N1CCN(C)CC1. The average Bonchev–Trinajstić information content (AvgIpc) is 2.96. The van der Waals surface area contributed by atoms with Crippen molar-refractivity contribution in [1.82, 2.24) is 24.5 Å². The van der Waals surface area contributed by atoms with Crippen molar-refractivity contribution in [3.05, 3.63) is 35.3 Å². The molecule has 140 valence electrons. The molecule has 1 saturated heterocycles. The molecule has 26 heavy (non-hydrogen) atoms. The summed E-state index contributed by atoms with van der Waals surface area (Å²) >= 11 is 0. The van der Waals surface area contributed by atoms with E-state index >= 15 is 0 Å². The molecule has 1 N–H and O–H groups in total. The summed E-state index contributed by atoms with van der Waals surface area (Å²) in [5, 5.41) is 2.92. The molecular weight excluding hydrogens is 330 g/mol. The summed E-state index contributed by atoms with van der Waals surface area (Å²) in [7, 11) is 2.07. The Morgan fingerprint density at radius 2 is 1.92 bits per heavy atom. The lowest BCUT2D eigenvalue weighted by Gasteiger charge is -2.32. The van der Waals surface area contributed by atoms with Gasteiger partial charge in [-0.2, -0.15) is 0 Å². The molecule has 0 bridgehead atoms. The van der Waals surface area contributed by atoms with Gasteiger partial charge < -0.3 is 15.1 Å². The monoisotopic (exact) mass is 357 g/mol. The maximum atomic E-state index is 12.6. The summed E-state index contributed by atoms with van der Waals surface area (Å²) in [6.45, 7) is 7.75. The van der Waals surface area contributed by atoms with Crippen LogP contribution in [0.3, 0.4) is 0 Å². The normalized spacial score (nSPS) is 15.4. The molecule has 2 amide bonds. The van der Waals surface area contributed by atoms with Crippen LogP contribution in [0.15, 0.2) is 18.3 Å². The van der Waals surface area contributed by atoms with Crippen LogP contribution in [0.4, 0.5) is 0 Å². The lowest BCUT2D eigenvalue weighted by Crippen LogP contribution is -2.47. The van der Waals surface area contributed by atoms with Gasteiger partial charge >= 0.3 is 0 Å². The molecule has 0 aromatic carbocycles. The minimum absolute atomic E-state index is 0.146. The molecule has 0 radical (unpaired) electrons. The molecule has 0 spiro atoms. The van der Waals surface area contributed by atoms with Gasteiger partial charge in [0.15, 0.2) is 0 Å². The van der Waals surface area contributed by atoms with Crippen molar-refractivity contribution in [2.75, 3.05) is 39.8 Å². The number of piperazine rings is 1. The number of pyridine rings is 1. The van der Waals surface area contributed by atoms with Gasteiger partial charge in [-0.3, -0.25) is 14.0 Å². The molecule has 1 aliphatic heterocycles. The summed E-state index contributed by atoms with van der Waals surface area (Å²) in [5.74, 6) is 0.0293. The minimum atomic E-state index is -0.146. The zero-order valence-electron chi connectivity index (χ0n) is 15.8. The van der Waals surface area contributed by atoms with E-state index in [1.807, 2.05) is 41.5 Å². The second-order valence-electron chi connectivity index (χ2n) is 6.97. The Hall–Kier alpha value is -2.41. The van der Waals surface area contributed by atoms with Crippen LogP contribution in [-0.2, 0) is 4.79 Å². The quantitative estimate of drug-likeness (QED) is 0.818. The lowest BCUT2D eigenvalue weighted by molar-refractivity contribution is -0.132. The third-order valence-corrected chi connectivity index (χ3v) is 4.94. The Kier molecular flexibility index (Phi) is 5.56. The standard InChI is InChI=1S/C19H27N5O2/c1-14-6-5-9-24-17(15(2)21-18(14)24)19(26)20-8-4-7-16(25)23-12-10-22(3)11-13-23/h5-6,9H,4,7-8,10-13H2,1-3H3,(H,20,26). The van der Waals surface area contributed by atoms with Gasteiger partial charge in [-0.05, 0) is 38.9 Å². The fourth-order valence-corrected chi connectivity index (χ4v) is 3.33. The van der Waals surface area contributed by atoms with E-state index in [0.29, 0.717) is 30.8 Å². The fraction of sp³-hybridized carbons (Fsp3) is 0.526. The number of imidazole rings is 1. The van der Waals surface area contributed by atoms with Gasteiger partial charge in [0.2, 0.25) is 5.91 Å². The zero-order valence-corrected chi connectivity index (χ0v) is 15.8. The summed E-state index contributed by atoms with van der Waals surface area (Å²) in [5.41, 5.74) is 3.12. The highest BCUT2D eigenvalue weighted by Crippen LogP contribution is 2.15. The molecule has 1 fully saturated rings. The molecule has 1 aliphatic rings. The minimum Gasteiger partial charge on any atom is -0.351 e. The zero-order chi connectivity index (χ0) is 18.7. The van der Waals surface area contributed by atoms with Crippen molar-refractivity contribution in [3.63, 3.8) is 0 Å². The number of fused-ring (bicyclic) bond motifs is 1. The van der Waals surface area contributed by atoms with E-state index in [9.17, 15) is 9.59 Å². The maximum Gasteiger partial charge on any atom is 0.270 e. The molecule has 3 heterocycles. The van der Waals surface area contributed by atoms with E-state index in [0.717, 1.165) is 37.4 Å². The first-order chi connectivity index (χ1) is 12.5. The van der Waals surface area contributed by atoms with Crippen molar-refractivity contribution in [3.8, 4) is 0 Å². The van der Waals surface area contributed by atoms with Gasteiger partial charge in [0, 0.05) is 45.3 Å². The second-order valence-corrected chi connectivity index (χ2v) is 6.97. The number of hydrogen-bond acceptors (Lipinski definition) is 4. The van der Waals surface area contributed by atoms with E-state index in [1.165, 1.54) is 0 Å². The highest BCUT2D eigenvalue weighted by atomic mass is 16.2. The molecule has 2 aromatic rings. The average molecular weight is 357 g/mol. The Labute approximate surface area is 154 Å². The Morgan fingerprint density at radius 3 is 2.65 bits per heavy atom. The van der Waals surface area contributed by atoms with Gasteiger partial charge in [0.25, 0.3) is 5.91 Å². The van der Waals surface area contributed by atoms with Crippen molar-refractivity contribution in [1.29, 1.82) is 0 Å². The van der Waals surface area contributed by atoms with Crippen LogP contribution in [-0.4, -0.2) is 70.8 Å². The van der Waals surface area contributed by atoms with E-state index in [1.54, 1.807) is 0 Å². The molecule has 3 rings (SSSR count). The predicted molar refractivity (Wildman–Crippen MR) is 100 cm³/mol. The van der Waals surface area contributed by atoms with Crippen LogP contribution >= 0.6 is 0 Å². The van der Waals surface area contributed by atoms with E-state index < -0.39 is 0 Å². The first-order valence-electron chi connectivity index (χ1n) is 9.16. The smallest absolute Gasteiger partial charge is 0.270 e. The molecule has 0 saturated carbocycles. The van der Waals surface area contributed by atoms with Gasteiger partial charge in [0.05, 0.1) is 5.69 Å². The first-order valence-corrected chi connectivity index (χ1v) is 9.16. The Bertz CT molecular complexity index is 806. The number of hydrogen-bond donors (Lipinski definition) is 1. The van der Waals surface area contributed by atoms with Crippen LogP contribution in [0, 0.1) is 13.8 Å². The van der Waals surface area contributed by atoms with E-state index in [2.05, 4.69) is 22.2 Å². The lowest BCUT2D eigenvalue weighted by atomic mass is 10.2. The summed E-state index contributed by atoms with van der Waals surface area (Å²) in [6, 6.07) is 3.89. The van der Waals surface area contributed by atoms with E-state index in [4.69, 9.17) is 0 Å². The number of carbonyl (C=O) groups excluding carboxylic acids is 2. The van der Waals surface area contributed by atoms with Crippen molar-refractivity contribution in [2.45, 2.75) is 26.7 Å². The van der Waals surface area contributed by atoms with Gasteiger partial charge in [-0.1, -0.05) is 6.07 Å². The fourth-order valence-electron chi connectivity index (χ4n) is 3.33. The van der Waals surface area contributed by atoms with Gasteiger partial charge in [-0.25, -0.2) is 4.98 Å². The topological polar surface area (TPSA) is 70.0 Å². The Morgan fingerprint density at radius 1 is 1.19 bits per heavy atom. The number of nitrogens with zero attached hydrogens (tertiary/aromatic N) is 4. The number of aryl methyl sites for hydroxylation is 2. The van der Waals surface area contributed by atoms with Crippen LogP contribution in [0.1, 0.15) is 34.6 Å². The van der Waals surface area contributed by atoms with Crippen LogP contribution in [0.5, 0.6) is 0 Å². The van der Waals surface area contributed by atoms with Gasteiger partial charge in [0.1, 0.15) is 11.3 Å². The van der Waals surface area contributed by atoms with Gasteiger partial charge in [-0.15, -0.1) is 0 Å². The summed E-state index contributed by atoms with van der Waals surface area (Å²) < 4.78 is 1.83. The number of carbonyl (C=O) groups is 2. The molecule has 2 aromatic heterocycles. The van der Waals surface area contributed by atoms with Crippen molar-refractivity contribution < 1.29 is 9.59 Å². The number of amides is 2. The number of aromatic nitrogens is 2. The molecule has 0 unspecified atom stereocenters. The van der Waals surface area contributed by atoms with Crippen molar-refractivity contribution in [2.24, 2.45) is 0 Å². The third-order valence-electron chi connectivity index (χ3n) is 4.94. The molecule has 0 atom stereocenters. The number of likely N-dealkylation sites (N-methyl/N-ethyl adjacent to an activating group) is 1. The summed E-state index contributed by atoms with van der Waals surface area (Å²) in [6.07, 6.45) is 2.97. The predicted octanol–water partition coefficient (Wildman–Crippen LogP) is 1.24. The third kappa shape index (κ3) is 3.88. The Balaban J connectivity index is 1.51. The van der Waals surface area contributed by atoms with E-state index in [-0.39, 0.29) is 11.8 Å². The van der Waals surface area contributed by atoms with Crippen LogP contribution in [0.25, 0.3) is 5.65 Å². The number of nitrogens with one attached hydrogen (secondary N) is 1. The highest BCUT2D eigenvalue weighted by Gasteiger charge is 2.19. The first kappa shape index (κ1) is 18.4.